The molecule has 5 aliphatic rings. The van der Waals surface area contributed by atoms with E-state index in [9.17, 15) is 14.4 Å². The first-order valence-corrected chi connectivity index (χ1v) is 9.51. The highest BCUT2D eigenvalue weighted by atomic mass is 35.5. The van der Waals surface area contributed by atoms with Crippen molar-refractivity contribution in [3.63, 3.8) is 0 Å². The predicted molar refractivity (Wildman–Crippen MR) is 96.1 cm³/mol. The molecule has 1 saturated heterocycles. The van der Waals surface area contributed by atoms with Crippen molar-refractivity contribution in [3.05, 3.63) is 41.4 Å². The van der Waals surface area contributed by atoms with Gasteiger partial charge in [0.15, 0.2) is 0 Å². The van der Waals surface area contributed by atoms with Crippen molar-refractivity contribution in [2.24, 2.45) is 35.5 Å². The topological polar surface area (TPSA) is 66.5 Å². The van der Waals surface area contributed by atoms with Crippen LogP contribution in [-0.2, 0) is 14.4 Å². The van der Waals surface area contributed by atoms with Crippen molar-refractivity contribution in [3.8, 4) is 0 Å². The third-order valence-corrected chi connectivity index (χ3v) is 6.70. The van der Waals surface area contributed by atoms with Gasteiger partial charge in [0, 0.05) is 23.7 Å². The molecular formula is C20H19ClN2O3. The predicted octanol–water partition coefficient (Wildman–Crippen LogP) is 2.72. The highest BCUT2D eigenvalue weighted by molar-refractivity contribution is 6.30. The fraction of sp³-hybridized carbons (Fsp3) is 0.450. The van der Waals surface area contributed by atoms with Crippen LogP contribution in [-0.4, -0.2) is 29.2 Å². The van der Waals surface area contributed by atoms with Crippen molar-refractivity contribution in [1.29, 1.82) is 0 Å². The average Bonchev–Trinajstić information content (AvgIpc) is 3.41. The van der Waals surface area contributed by atoms with Crippen LogP contribution in [0.1, 0.15) is 12.8 Å². The number of benzene rings is 1. The second kappa shape index (κ2) is 5.68. The number of amides is 3. The van der Waals surface area contributed by atoms with Crippen LogP contribution in [0.3, 0.4) is 0 Å². The molecule has 1 heterocycles. The Morgan fingerprint density at radius 3 is 2.19 bits per heavy atom. The average molecular weight is 371 g/mol. The smallest absolute Gasteiger partial charge is 0.233 e. The van der Waals surface area contributed by atoms with Crippen LogP contribution in [0.15, 0.2) is 36.4 Å². The molecule has 1 N–H and O–H groups in total. The highest BCUT2D eigenvalue weighted by Gasteiger charge is 2.66. The van der Waals surface area contributed by atoms with E-state index in [4.69, 9.17) is 11.6 Å². The number of imide groups is 1. The number of likely N-dealkylation sites (tertiary alicyclic amines) is 1. The van der Waals surface area contributed by atoms with Gasteiger partial charge in [-0.05, 0) is 54.4 Å². The number of anilines is 1. The number of nitrogens with one attached hydrogen (secondary N) is 1. The fourth-order valence-corrected chi connectivity index (χ4v) is 5.34. The monoisotopic (exact) mass is 370 g/mol. The number of carbonyl (C=O) groups is 3. The molecule has 6 heteroatoms. The number of halogens is 1. The van der Waals surface area contributed by atoms with E-state index in [0.717, 1.165) is 6.42 Å². The number of hydrogen-bond acceptors (Lipinski definition) is 3. The zero-order valence-corrected chi connectivity index (χ0v) is 14.9. The lowest BCUT2D eigenvalue weighted by Crippen LogP contribution is -2.40. The van der Waals surface area contributed by atoms with Crippen LogP contribution in [0, 0.1) is 35.5 Å². The van der Waals surface area contributed by atoms with Gasteiger partial charge in [0.25, 0.3) is 0 Å². The van der Waals surface area contributed by atoms with E-state index in [2.05, 4.69) is 17.5 Å². The van der Waals surface area contributed by atoms with Crippen molar-refractivity contribution in [2.75, 3.05) is 11.9 Å². The summed E-state index contributed by atoms with van der Waals surface area (Å²) < 4.78 is 0. The Balaban J connectivity index is 1.24. The summed E-state index contributed by atoms with van der Waals surface area (Å²) in [4.78, 5) is 39.2. The molecule has 5 nitrogen and oxygen atoms in total. The molecule has 3 fully saturated rings. The maximum Gasteiger partial charge on any atom is 0.233 e. The van der Waals surface area contributed by atoms with Gasteiger partial charge in [0.05, 0.1) is 11.8 Å². The van der Waals surface area contributed by atoms with Gasteiger partial charge in [-0.3, -0.25) is 19.3 Å². The summed E-state index contributed by atoms with van der Waals surface area (Å²) in [6, 6.07) is 6.83. The Morgan fingerprint density at radius 2 is 1.62 bits per heavy atom. The zero-order chi connectivity index (χ0) is 18.0. The number of allylic oxidation sites excluding steroid dienone is 2. The Hall–Kier alpha value is -2.14. The summed E-state index contributed by atoms with van der Waals surface area (Å²) in [5, 5.41) is 3.37. The van der Waals surface area contributed by atoms with E-state index in [1.807, 2.05) is 0 Å². The Labute approximate surface area is 156 Å². The Bertz CT molecular complexity index is 798. The van der Waals surface area contributed by atoms with Gasteiger partial charge in [-0.2, -0.15) is 0 Å². The van der Waals surface area contributed by atoms with Crippen molar-refractivity contribution >= 4 is 35.0 Å². The van der Waals surface area contributed by atoms with Gasteiger partial charge >= 0.3 is 0 Å². The number of hydrogen-bond donors (Lipinski definition) is 1. The summed E-state index contributed by atoms with van der Waals surface area (Å²) in [7, 11) is 0. The lowest BCUT2D eigenvalue weighted by atomic mass is 9.63. The third kappa shape index (κ3) is 2.33. The molecule has 1 aliphatic heterocycles. The van der Waals surface area contributed by atoms with Crippen molar-refractivity contribution in [2.45, 2.75) is 12.8 Å². The Kier molecular flexibility index (Phi) is 3.51. The van der Waals surface area contributed by atoms with Crippen LogP contribution < -0.4 is 5.32 Å². The summed E-state index contributed by atoms with van der Waals surface area (Å²) in [6.45, 7) is 0.152. The minimum atomic E-state index is -0.216. The molecule has 3 amide bonds. The standard InChI is InChI=1S/C20H19ClN2O3/c21-10-1-3-11(4-2-10)22-16(24)7-8-23-19(25)17-12-5-6-13(15-9-14(12)15)18(17)20(23)26/h1-6,12-15,17-18H,7-9H2,(H,22,24)/t12-,13+,14-,15-,17+,18-/m1/s1. The fourth-order valence-electron chi connectivity index (χ4n) is 5.21. The van der Waals surface area contributed by atoms with Gasteiger partial charge < -0.3 is 5.32 Å². The molecule has 0 radical (unpaired) electrons. The Morgan fingerprint density at radius 1 is 1.04 bits per heavy atom. The maximum atomic E-state index is 12.8. The second-order valence-corrected chi connectivity index (χ2v) is 8.22. The van der Waals surface area contributed by atoms with E-state index in [1.54, 1.807) is 24.3 Å². The lowest BCUT2D eigenvalue weighted by molar-refractivity contribution is -0.140. The first-order valence-electron chi connectivity index (χ1n) is 9.13. The van der Waals surface area contributed by atoms with Crippen LogP contribution in [0.5, 0.6) is 0 Å². The van der Waals surface area contributed by atoms with Crippen molar-refractivity contribution in [1.82, 2.24) is 4.90 Å². The summed E-state index contributed by atoms with van der Waals surface area (Å²) >= 11 is 5.83. The number of rotatable bonds is 4. The molecule has 0 spiro atoms. The molecule has 2 saturated carbocycles. The number of carbonyl (C=O) groups excluding carboxylic acids is 3. The van der Waals surface area contributed by atoms with E-state index in [0.29, 0.717) is 22.5 Å². The minimum Gasteiger partial charge on any atom is -0.326 e. The van der Waals surface area contributed by atoms with E-state index in [-0.39, 0.29) is 54.4 Å². The van der Waals surface area contributed by atoms with E-state index >= 15 is 0 Å². The van der Waals surface area contributed by atoms with Crippen LogP contribution in [0.2, 0.25) is 5.02 Å². The molecule has 0 unspecified atom stereocenters. The van der Waals surface area contributed by atoms with Crippen LogP contribution >= 0.6 is 11.6 Å². The van der Waals surface area contributed by atoms with E-state index < -0.39 is 0 Å². The molecular weight excluding hydrogens is 352 g/mol. The highest BCUT2D eigenvalue weighted by Crippen LogP contribution is 2.65. The summed E-state index contributed by atoms with van der Waals surface area (Å²) in [5.74, 6) is 0.867. The quantitative estimate of drug-likeness (QED) is 0.654. The van der Waals surface area contributed by atoms with Gasteiger partial charge in [-0.15, -0.1) is 0 Å². The van der Waals surface area contributed by atoms with E-state index in [1.165, 1.54) is 4.90 Å². The molecule has 6 rings (SSSR count). The SMILES string of the molecule is O=C(CCN1C(=O)[C@@H]2[C@H]3C=C[C@H]([C@H]4C[C@H]34)[C@@H]2C1=O)Nc1ccc(Cl)cc1. The summed E-state index contributed by atoms with van der Waals surface area (Å²) in [6.07, 6.45) is 5.57. The largest absolute Gasteiger partial charge is 0.326 e. The molecule has 1 aromatic rings. The van der Waals surface area contributed by atoms with Crippen molar-refractivity contribution < 1.29 is 14.4 Å². The number of nitrogens with zero attached hydrogens (tertiary/aromatic N) is 1. The molecule has 4 aliphatic carbocycles. The first-order chi connectivity index (χ1) is 12.5. The van der Waals surface area contributed by atoms with Crippen LogP contribution in [0.25, 0.3) is 0 Å². The molecule has 26 heavy (non-hydrogen) atoms. The third-order valence-electron chi connectivity index (χ3n) is 6.44. The van der Waals surface area contributed by atoms with Gasteiger partial charge in [0.1, 0.15) is 0 Å². The zero-order valence-electron chi connectivity index (χ0n) is 14.1. The first kappa shape index (κ1) is 16.1. The summed E-state index contributed by atoms with van der Waals surface area (Å²) in [5.41, 5.74) is 0.648. The molecule has 6 atom stereocenters. The van der Waals surface area contributed by atoms with Gasteiger partial charge in [-0.25, -0.2) is 0 Å². The molecule has 0 aromatic heterocycles. The molecule has 134 valence electrons. The normalized spacial score (nSPS) is 36.1. The molecule has 2 bridgehead atoms. The van der Waals surface area contributed by atoms with Crippen LogP contribution in [0.4, 0.5) is 5.69 Å². The lowest BCUT2D eigenvalue weighted by Gasteiger charge is -2.37. The van der Waals surface area contributed by atoms with Gasteiger partial charge in [-0.1, -0.05) is 23.8 Å². The van der Waals surface area contributed by atoms with Gasteiger partial charge in [0.2, 0.25) is 17.7 Å². The maximum absolute atomic E-state index is 12.8. The second-order valence-electron chi connectivity index (χ2n) is 7.79. The minimum absolute atomic E-state index is 0.0796. The molecule has 1 aromatic carbocycles.